The normalized spacial score (nSPS) is 12.2. The van der Waals surface area contributed by atoms with E-state index in [1.54, 1.807) is 24.3 Å². The van der Waals surface area contributed by atoms with Gasteiger partial charge in [0.2, 0.25) is 0 Å². The van der Waals surface area contributed by atoms with Gasteiger partial charge in [0.05, 0.1) is 55.3 Å². The van der Waals surface area contributed by atoms with Crippen molar-refractivity contribution in [3.05, 3.63) is 145 Å². The molecule has 0 aliphatic carbocycles. The number of benzene rings is 6. The van der Waals surface area contributed by atoms with Gasteiger partial charge in [-0.3, -0.25) is 18.2 Å². The summed E-state index contributed by atoms with van der Waals surface area (Å²) in [5.74, 6) is 0. The van der Waals surface area contributed by atoms with Crippen LogP contribution < -0.4 is 0 Å². The van der Waals surface area contributed by atoms with E-state index in [0.29, 0.717) is 34.1 Å². The summed E-state index contributed by atoms with van der Waals surface area (Å²) in [7, 11) is -18.4. The van der Waals surface area contributed by atoms with Crippen molar-refractivity contribution in [2.45, 2.75) is 19.6 Å². The van der Waals surface area contributed by atoms with Gasteiger partial charge >= 0.3 is 0 Å². The van der Waals surface area contributed by atoms with E-state index in [-0.39, 0.29) is 151 Å². The summed E-state index contributed by atoms with van der Waals surface area (Å²) in [6.07, 6.45) is 2.41. The van der Waals surface area contributed by atoms with Gasteiger partial charge in [0.15, 0.2) is 0 Å². The molecule has 0 aliphatic rings. The third-order valence-corrected chi connectivity index (χ3v) is 11.6. The van der Waals surface area contributed by atoms with Gasteiger partial charge in [-0.15, -0.1) is 0 Å². The second kappa shape index (κ2) is 25.6. The summed E-state index contributed by atoms with van der Waals surface area (Å²) < 4.78 is 132. The van der Waals surface area contributed by atoms with E-state index >= 15 is 0 Å². The van der Waals surface area contributed by atoms with Crippen molar-refractivity contribution >= 4 is 216 Å². The molecule has 0 fully saturated rings. The first-order valence-electron chi connectivity index (χ1n) is 17.1. The first-order chi connectivity index (χ1) is 29.2. The Morgan fingerprint density at radius 2 is 0.485 bits per heavy atom. The van der Waals surface area contributed by atoms with Crippen molar-refractivity contribution in [2.75, 3.05) is 0 Å². The molecule has 320 valence electrons. The van der Waals surface area contributed by atoms with Crippen molar-refractivity contribution < 1.29 is 51.9 Å². The zero-order chi connectivity index (χ0) is 44.7. The Morgan fingerprint density at radius 1 is 0.288 bits per heavy atom. The molecule has 66 heavy (non-hydrogen) atoms. The molecule has 28 heteroatoms. The molecule has 20 nitrogen and oxygen atoms in total. The molecule has 0 spiro atoms. The summed E-state index contributed by atoms with van der Waals surface area (Å²) in [4.78, 5) is -1.74. The quantitative estimate of drug-likeness (QED) is 0.0344. The first kappa shape index (κ1) is 59.2. The molecule has 0 heterocycles. The van der Waals surface area contributed by atoms with Crippen molar-refractivity contribution in [1.82, 2.24) is 0 Å². The minimum Gasteiger partial charge on any atom is -0.282 e. The molecule has 6 aromatic carbocycles. The summed E-state index contributed by atoms with van der Waals surface area (Å²) in [6.45, 7) is 0. The first-order valence-corrected chi connectivity index (χ1v) is 22.9. The van der Waals surface area contributed by atoms with Crippen molar-refractivity contribution in [3.8, 4) is 0 Å². The minimum absolute atomic E-state index is 0. The molecule has 6 rings (SSSR count). The average Bonchev–Trinajstić information content (AvgIpc) is 3.22. The van der Waals surface area contributed by atoms with Gasteiger partial charge in [-0.05, 0) is 132 Å². The molecular formula is C38H28N8Na4O12S4. The number of nitrogens with zero attached hydrogens (tertiary/aromatic N) is 8. The van der Waals surface area contributed by atoms with E-state index in [2.05, 4.69) is 40.9 Å². The third-order valence-electron chi connectivity index (χ3n) is 8.08. The second-order valence-corrected chi connectivity index (χ2v) is 18.1. The van der Waals surface area contributed by atoms with Gasteiger partial charge in [-0.25, -0.2) is 0 Å². The molecule has 0 saturated heterocycles. The molecule has 0 aliphatic heterocycles. The van der Waals surface area contributed by atoms with E-state index in [0.717, 1.165) is 12.1 Å². The van der Waals surface area contributed by atoms with E-state index in [9.17, 15) is 42.8 Å². The molecule has 4 radical (unpaired) electrons. The SMILES string of the molecule is O=S(=O)(O)c1ccc(N=Nc2ccc(N=Nc3ccc(C=Cc4ccc(N=Nc5ccc(N=Nc6ccc(S(=O)(=O)O)cc6)cc5)cc4S(=O)(=O)O)c(S(=O)(=O)O)c3)cc2)cc1.[Na].[Na].[Na].[Na]. The summed E-state index contributed by atoms with van der Waals surface area (Å²) in [5, 5.41) is 32.3. The molecule has 0 atom stereocenters. The number of azo groups is 4. The smallest absolute Gasteiger partial charge is 0.282 e. The summed E-state index contributed by atoms with van der Waals surface area (Å²) in [6, 6.07) is 29.9. The maximum absolute atomic E-state index is 12.4. The van der Waals surface area contributed by atoms with Crippen LogP contribution in [0.5, 0.6) is 0 Å². The van der Waals surface area contributed by atoms with Gasteiger partial charge in [-0.1, -0.05) is 24.3 Å². The van der Waals surface area contributed by atoms with Crippen LogP contribution in [0.15, 0.2) is 194 Å². The molecule has 6 aromatic rings. The van der Waals surface area contributed by atoms with Crippen LogP contribution in [0.1, 0.15) is 11.1 Å². The van der Waals surface area contributed by atoms with E-state index in [1.807, 2.05) is 0 Å². The van der Waals surface area contributed by atoms with Crippen LogP contribution in [0.25, 0.3) is 12.2 Å². The van der Waals surface area contributed by atoms with Crippen LogP contribution in [0.2, 0.25) is 0 Å². The van der Waals surface area contributed by atoms with Gasteiger partial charge in [0.1, 0.15) is 9.79 Å². The van der Waals surface area contributed by atoms with Crippen LogP contribution >= 0.6 is 0 Å². The average molecular weight is 1010 g/mol. The van der Waals surface area contributed by atoms with E-state index < -0.39 is 50.3 Å². The van der Waals surface area contributed by atoms with Crippen LogP contribution in [0.4, 0.5) is 45.5 Å². The Labute approximate surface area is 467 Å². The van der Waals surface area contributed by atoms with Crippen molar-refractivity contribution in [3.63, 3.8) is 0 Å². The standard InChI is InChI=1S/C38H28N8O12S4.4Na/c47-59(48,49)35-19-15-31(16-20-35)41-39-27-7-11-29(12-8-27)43-45-33-5-3-25(37(23-33)61(53,54)55)1-2-26-4-6-34(24-38(26)62(56,57)58)46-44-30-13-9-28(10-14-30)40-42-32-17-21-36(22-18-32)60(50,51)52;;;;/h1-24H,(H,47,48,49)(H,50,51,52)(H,53,54,55)(H,56,57,58);;;;. The molecule has 0 unspecified atom stereocenters. The molecule has 0 aromatic heterocycles. The Balaban J connectivity index is 0.00000374. The zero-order valence-corrected chi connectivity index (χ0v) is 46.4. The monoisotopic (exact) mass is 1010 g/mol. The van der Waals surface area contributed by atoms with Crippen LogP contribution in [-0.2, 0) is 40.5 Å². The predicted octanol–water partition coefficient (Wildman–Crippen LogP) is 8.98. The number of hydrogen-bond acceptors (Lipinski definition) is 16. The third kappa shape index (κ3) is 17.6. The maximum atomic E-state index is 12.4. The topological polar surface area (TPSA) is 316 Å². The van der Waals surface area contributed by atoms with Crippen molar-refractivity contribution in [2.24, 2.45) is 40.9 Å². The molecular weight excluding hydrogens is 981 g/mol. The van der Waals surface area contributed by atoms with Gasteiger partial charge < -0.3 is 0 Å². The number of hydrogen-bond donors (Lipinski definition) is 4. The fourth-order valence-electron chi connectivity index (χ4n) is 5.08. The van der Waals surface area contributed by atoms with Crippen LogP contribution in [0.3, 0.4) is 0 Å². The predicted molar refractivity (Wildman–Crippen MR) is 247 cm³/mol. The van der Waals surface area contributed by atoms with E-state index in [1.165, 1.54) is 109 Å². The maximum Gasteiger partial charge on any atom is 0.295 e. The summed E-state index contributed by atoms with van der Waals surface area (Å²) >= 11 is 0. The van der Waals surface area contributed by atoms with Gasteiger partial charge in [0.25, 0.3) is 40.5 Å². The molecule has 4 N–H and O–H groups in total. The summed E-state index contributed by atoms with van der Waals surface area (Å²) in [5.41, 5.74) is 2.08. The second-order valence-electron chi connectivity index (χ2n) is 12.5. The Morgan fingerprint density at radius 3 is 0.697 bits per heavy atom. The minimum atomic E-state index is -4.84. The van der Waals surface area contributed by atoms with Gasteiger partial charge in [0, 0.05) is 118 Å². The van der Waals surface area contributed by atoms with Crippen LogP contribution in [-0.4, -0.2) is 170 Å². The number of rotatable bonds is 14. The van der Waals surface area contributed by atoms with Gasteiger partial charge in [-0.2, -0.15) is 74.6 Å². The fraction of sp³-hybridized carbons (Fsp3) is 0. The Bertz CT molecular complexity index is 3050. The van der Waals surface area contributed by atoms with E-state index in [4.69, 9.17) is 9.11 Å². The molecule has 0 saturated carbocycles. The fourth-order valence-corrected chi connectivity index (χ4v) is 7.44. The molecule has 0 bridgehead atoms. The largest absolute Gasteiger partial charge is 0.295 e. The van der Waals surface area contributed by atoms with Crippen molar-refractivity contribution in [1.29, 1.82) is 0 Å². The molecule has 0 amide bonds. The Hall–Kier alpha value is -2.90. The zero-order valence-electron chi connectivity index (χ0n) is 35.1. The van der Waals surface area contributed by atoms with Crippen LogP contribution in [0, 0.1) is 0 Å². The Kier molecular flexibility index (Phi) is 23.0.